The van der Waals surface area contributed by atoms with E-state index in [2.05, 4.69) is 15.5 Å². The molecule has 0 spiro atoms. The lowest BCUT2D eigenvalue weighted by molar-refractivity contribution is -0.137. The van der Waals surface area contributed by atoms with E-state index in [0.29, 0.717) is 42.5 Å². The Morgan fingerprint density at radius 3 is 2.58 bits per heavy atom. The fourth-order valence-electron chi connectivity index (χ4n) is 3.41. The van der Waals surface area contributed by atoms with E-state index in [1.165, 1.54) is 6.07 Å². The van der Waals surface area contributed by atoms with Gasteiger partial charge in [0.2, 0.25) is 0 Å². The molecule has 0 aliphatic carbocycles. The molecule has 6 nitrogen and oxygen atoms in total. The molecule has 2 aromatic heterocycles. The number of amides is 1. The van der Waals surface area contributed by atoms with Crippen molar-refractivity contribution in [3.8, 4) is 11.3 Å². The van der Waals surface area contributed by atoms with Gasteiger partial charge in [0.15, 0.2) is 11.5 Å². The molecule has 1 saturated heterocycles. The van der Waals surface area contributed by atoms with Crippen molar-refractivity contribution in [2.75, 3.05) is 18.0 Å². The molecular weight excluding hydrogens is 433 g/mol. The Morgan fingerprint density at radius 1 is 1.16 bits per heavy atom. The number of alkyl halides is 3. The molecule has 1 aromatic carbocycles. The number of carbonyl (C=O) groups excluding carboxylic acids is 1. The summed E-state index contributed by atoms with van der Waals surface area (Å²) in [6, 6.07) is 10.9. The Labute approximate surface area is 181 Å². The van der Waals surface area contributed by atoms with Crippen molar-refractivity contribution >= 4 is 23.3 Å². The van der Waals surface area contributed by atoms with Crippen LogP contribution in [0.25, 0.3) is 11.3 Å². The quantitative estimate of drug-likeness (QED) is 0.617. The third-order valence-corrected chi connectivity index (χ3v) is 5.32. The Balaban J connectivity index is 1.32. The summed E-state index contributed by atoms with van der Waals surface area (Å²) in [4.78, 5) is 18.3. The van der Waals surface area contributed by atoms with Gasteiger partial charge in [-0.25, -0.2) is 4.98 Å². The minimum atomic E-state index is -4.41. The van der Waals surface area contributed by atoms with Gasteiger partial charge in [-0.2, -0.15) is 13.2 Å². The van der Waals surface area contributed by atoms with Gasteiger partial charge < -0.3 is 14.7 Å². The minimum absolute atomic E-state index is 0.0791. The molecular formula is C21H18ClF3N4O2. The van der Waals surface area contributed by atoms with Crippen LogP contribution in [0.3, 0.4) is 0 Å². The second kappa shape index (κ2) is 8.58. The summed E-state index contributed by atoms with van der Waals surface area (Å²) in [6.07, 6.45) is -2.30. The summed E-state index contributed by atoms with van der Waals surface area (Å²) >= 11 is 5.98. The number of hydrogen-bond acceptors (Lipinski definition) is 5. The molecule has 1 N–H and O–H groups in total. The van der Waals surface area contributed by atoms with Crippen LogP contribution in [0.4, 0.5) is 19.0 Å². The number of aromatic nitrogens is 2. The van der Waals surface area contributed by atoms with Crippen molar-refractivity contribution < 1.29 is 22.5 Å². The molecule has 3 aromatic rings. The lowest BCUT2D eigenvalue weighted by atomic mass is 10.0. The molecule has 3 heterocycles. The lowest BCUT2D eigenvalue weighted by Crippen LogP contribution is -2.45. The zero-order valence-corrected chi connectivity index (χ0v) is 17.0. The number of nitrogens with zero attached hydrogens (tertiary/aromatic N) is 3. The van der Waals surface area contributed by atoms with Gasteiger partial charge in [0, 0.05) is 42.0 Å². The van der Waals surface area contributed by atoms with Crippen molar-refractivity contribution in [1.82, 2.24) is 15.5 Å². The van der Waals surface area contributed by atoms with Crippen LogP contribution in [0.2, 0.25) is 5.02 Å². The maximum absolute atomic E-state index is 12.7. The summed E-state index contributed by atoms with van der Waals surface area (Å²) < 4.78 is 43.3. The normalized spacial score (nSPS) is 15.2. The first-order valence-electron chi connectivity index (χ1n) is 9.61. The van der Waals surface area contributed by atoms with Crippen molar-refractivity contribution in [1.29, 1.82) is 0 Å². The third kappa shape index (κ3) is 4.99. The highest BCUT2D eigenvalue weighted by molar-refractivity contribution is 6.30. The highest BCUT2D eigenvalue weighted by Gasteiger charge is 2.31. The molecule has 1 aliphatic rings. The van der Waals surface area contributed by atoms with Crippen LogP contribution in [-0.4, -0.2) is 35.2 Å². The number of benzene rings is 1. The Kier molecular flexibility index (Phi) is 5.86. The number of rotatable bonds is 4. The van der Waals surface area contributed by atoms with Gasteiger partial charge in [0.1, 0.15) is 5.82 Å². The number of piperidine rings is 1. The molecule has 0 bridgehead atoms. The number of anilines is 1. The van der Waals surface area contributed by atoms with E-state index in [0.717, 1.165) is 17.8 Å². The van der Waals surface area contributed by atoms with E-state index >= 15 is 0 Å². The van der Waals surface area contributed by atoms with E-state index in [1.54, 1.807) is 30.3 Å². The molecule has 0 atom stereocenters. The summed E-state index contributed by atoms with van der Waals surface area (Å²) in [5.41, 5.74) is 0.112. The van der Waals surface area contributed by atoms with Gasteiger partial charge in [-0.15, -0.1) is 0 Å². The fraction of sp³-hybridized carbons (Fsp3) is 0.286. The number of hydrogen-bond donors (Lipinski definition) is 1. The zero-order valence-electron chi connectivity index (χ0n) is 16.2. The number of halogens is 4. The topological polar surface area (TPSA) is 71.3 Å². The van der Waals surface area contributed by atoms with E-state index in [9.17, 15) is 18.0 Å². The van der Waals surface area contributed by atoms with Gasteiger partial charge in [0.05, 0.1) is 5.56 Å². The van der Waals surface area contributed by atoms with Crippen LogP contribution < -0.4 is 10.2 Å². The van der Waals surface area contributed by atoms with E-state index in [-0.39, 0.29) is 17.6 Å². The number of pyridine rings is 1. The Bertz CT molecular complexity index is 1060. The largest absolute Gasteiger partial charge is 0.417 e. The van der Waals surface area contributed by atoms with Crippen LogP contribution in [0, 0.1) is 0 Å². The second-order valence-electron chi connectivity index (χ2n) is 7.22. The second-order valence-corrected chi connectivity index (χ2v) is 7.66. The average molecular weight is 451 g/mol. The first-order valence-corrected chi connectivity index (χ1v) is 9.99. The molecule has 31 heavy (non-hydrogen) atoms. The van der Waals surface area contributed by atoms with Crippen molar-refractivity contribution in [3.63, 3.8) is 0 Å². The van der Waals surface area contributed by atoms with Gasteiger partial charge in [-0.05, 0) is 37.1 Å². The highest BCUT2D eigenvalue weighted by atomic mass is 35.5. The van der Waals surface area contributed by atoms with Crippen LogP contribution in [0.15, 0.2) is 53.2 Å². The first kappa shape index (κ1) is 21.2. The molecule has 0 saturated carbocycles. The van der Waals surface area contributed by atoms with Gasteiger partial charge in [0.25, 0.3) is 5.91 Å². The first-order chi connectivity index (χ1) is 14.8. The lowest BCUT2D eigenvalue weighted by Gasteiger charge is -2.33. The smallest absolute Gasteiger partial charge is 0.356 e. The minimum Gasteiger partial charge on any atom is -0.356 e. The van der Waals surface area contributed by atoms with Gasteiger partial charge in [-0.3, -0.25) is 4.79 Å². The maximum Gasteiger partial charge on any atom is 0.417 e. The van der Waals surface area contributed by atoms with Crippen molar-refractivity contribution in [2.45, 2.75) is 25.1 Å². The Morgan fingerprint density at radius 2 is 1.94 bits per heavy atom. The maximum atomic E-state index is 12.7. The molecule has 4 rings (SSSR count). The molecule has 0 radical (unpaired) electrons. The van der Waals surface area contributed by atoms with Crippen LogP contribution in [-0.2, 0) is 6.18 Å². The summed E-state index contributed by atoms with van der Waals surface area (Å²) in [5, 5.41) is 7.31. The van der Waals surface area contributed by atoms with Gasteiger partial charge >= 0.3 is 6.18 Å². The summed E-state index contributed by atoms with van der Waals surface area (Å²) in [5.74, 6) is 0.583. The molecule has 0 unspecified atom stereocenters. The van der Waals surface area contributed by atoms with E-state index in [1.807, 2.05) is 4.90 Å². The molecule has 1 aliphatic heterocycles. The van der Waals surface area contributed by atoms with Crippen molar-refractivity contribution in [3.05, 3.63) is 64.9 Å². The number of carbonyl (C=O) groups is 1. The summed E-state index contributed by atoms with van der Waals surface area (Å²) in [6.45, 7) is 1.13. The molecule has 162 valence electrons. The zero-order chi connectivity index (χ0) is 22.0. The molecule has 1 amide bonds. The van der Waals surface area contributed by atoms with Crippen molar-refractivity contribution in [2.24, 2.45) is 0 Å². The number of nitrogens with one attached hydrogen (secondary N) is 1. The standard InChI is InChI=1S/C21H18ClF3N4O2/c22-15-3-1-2-13(10-15)18-11-17(28-31-18)20(30)27-16-6-8-29(9-7-16)19-5-4-14(12-26-19)21(23,24)25/h1-5,10-12,16H,6-9H2,(H,27,30). The fourth-order valence-corrected chi connectivity index (χ4v) is 3.60. The predicted molar refractivity (Wildman–Crippen MR) is 109 cm³/mol. The van der Waals surface area contributed by atoms with E-state index < -0.39 is 11.7 Å². The van der Waals surface area contributed by atoms with Crippen LogP contribution in [0.1, 0.15) is 28.9 Å². The SMILES string of the molecule is O=C(NC1CCN(c2ccc(C(F)(F)F)cn2)CC1)c1cc(-c2cccc(Cl)c2)on1. The predicted octanol–water partition coefficient (Wildman–Crippen LogP) is 4.81. The monoisotopic (exact) mass is 450 g/mol. The van der Waals surface area contributed by atoms with E-state index in [4.69, 9.17) is 16.1 Å². The summed E-state index contributed by atoms with van der Waals surface area (Å²) in [7, 11) is 0. The third-order valence-electron chi connectivity index (χ3n) is 5.08. The average Bonchev–Trinajstić information content (AvgIpc) is 3.24. The van der Waals surface area contributed by atoms with Crippen LogP contribution >= 0.6 is 11.6 Å². The highest BCUT2D eigenvalue weighted by Crippen LogP contribution is 2.30. The van der Waals surface area contributed by atoms with Gasteiger partial charge in [-0.1, -0.05) is 28.9 Å². The molecule has 10 heteroatoms. The van der Waals surface area contributed by atoms with Crippen LogP contribution in [0.5, 0.6) is 0 Å². The molecule has 1 fully saturated rings. The Hall–Kier alpha value is -3.07.